The number of fused-ring (bicyclic) bond motifs is 1. The fourth-order valence-electron chi connectivity index (χ4n) is 3.52. The van der Waals surface area contributed by atoms with Crippen LogP contribution in [0.4, 0.5) is 0 Å². The Balaban J connectivity index is 1.59. The molecule has 0 aromatic carbocycles. The monoisotopic (exact) mass is 328 g/mol. The lowest BCUT2D eigenvalue weighted by Gasteiger charge is -2.31. The summed E-state index contributed by atoms with van der Waals surface area (Å²) in [5, 5.41) is 1.74. The van der Waals surface area contributed by atoms with Gasteiger partial charge in [-0.05, 0) is 25.0 Å². The minimum Gasteiger partial charge on any atom is -0.347 e. The van der Waals surface area contributed by atoms with Crippen LogP contribution in [0.3, 0.4) is 0 Å². The van der Waals surface area contributed by atoms with Crippen LogP contribution < -0.4 is 0 Å². The fourth-order valence-corrected chi connectivity index (χ4v) is 4.55. The van der Waals surface area contributed by atoms with E-state index < -0.39 is 0 Å². The maximum Gasteiger partial charge on any atom is 0.281 e. The highest BCUT2D eigenvalue weighted by atomic mass is 32.2. The van der Waals surface area contributed by atoms with Crippen LogP contribution in [0.2, 0.25) is 0 Å². The van der Waals surface area contributed by atoms with Crippen LogP contribution in [0.15, 0.2) is 29.5 Å². The van der Waals surface area contributed by atoms with Crippen molar-refractivity contribution in [1.82, 2.24) is 14.9 Å². The lowest BCUT2D eigenvalue weighted by Crippen LogP contribution is -2.37. The first-order chi connectivity index (χ1) is 11.3. The van der Waals surface area contributed by atoms with E-state index >= 15 is 0 Å². The third kappa shape index (κ3) is 2.87. The lowest BCUT2D eigenvalue weighted by atomic mass is 9.94. The van der Waals surface area contributed by atoms with E-state index in [0.717, 1.165) is 28.5 Å². The average Bonchev–Trinajstić information content (AvgIpc) is 3.22. The minimum atomic E-state index is -0.172. The third-order valence-electron chi connectivity index (χ3n) is 4.70. The molecule has 1 aliphatic heterocycles. The molecular weight excluding hydrogens is 308 g/mol. The number of hydrogen-bond acceptors (Lipinski definition) is 3. The molecule has 0 atom stereocenters. The summed E-state index contributed by atoms with van der Waals surface area (Å²) >= 11 is 1.70. The molecule has 1 amide bonds. The lowest BCUT2D eigenvalue weighted by molar-refractivity contribution is 0.100. The van der Waals surface area contributed by atoms with Crippen LogP contribution in [0.5, 0.6) is 0 Å². The molecule has 2 aromatic rings. The standard InChI is InChI=1S/C17H20N4OS/c22-16(14-11-19-15-13(14)7-4-8-18-15)20-17-21(9-10-23-17)12-5-2-1-3-6-12/h4,7-8,11-12H,1-3,5-6,9-10H2,(H,18,19). The van der Waals surface area contributed by atoms with Crippen LogP contribution in [0, 0.1) is 0 Å². The molecule has 2 fully saturated rings. The van der Waals surface area contributed by atoms with Gasteiger partial charge in [-0.2, -0.15) is 4.99 Å². The first kappa shape index (κ1) is 14.8. The van der Waals surface area contributed by atoms with Crippen molar-refractivity contribution in [1.29, 1.82) is 0 Å². The Kier molecular flexibility index (Phi) is 4.08. The molecule has 2 aromatic heterocycles. The quantitative estimate of drug-likeness (QED) is 0.917. The van der Waals surface area contributed by atoms with Crippen molar-refractivity contribution >= 4 is 33.9 Å². The number of carbonyl (C=O) groups is 1. The van der Waals surface area contributed by atoms with Gasteiger partial charge in [0.25, 0.3) is 5.91 Å². The van der Waals surface area contributed by atoms with Gasteiger partial charge in [-0.1, -0.05) is 31.0 Å². The van der Waals surface area contributed by atoms with E-state index in [1.807, 2.05) is 12.1 Å². The Bertz CT molecular complexity index is 748. The number of pyridine rings is 1. The predicted molar refractivity (Wildman–Crippen MR) is 93.9 cm³/mol. The number of aromatic amines is 1. The smallest absolute Gasteiger partial charge is 0.281 e. The minimum absolute atomic E-state index is 0.172. The van der Waals surface area contributed by atoms with Crippen molar-refractivity contribution < 1.29 is 4.79 Å². The fraction of sp³-hybridized carbons (Fsp3) is 0.471. The maximum absolute atomic E-state index is 12.6. The van der Waals surface area contributed by atoms with Gasteiger partial charge >= 0.3 is 0 Å². The van der Waals surface area contributed by atoms with E-state index in [2.05, 4.69) is 19.9 Å². The molecule has 120 valence electrons. The Morgan fingerprint density at radius 2 is 2.22 bits per heavy atom. The zero-order valence-electron chi connectivity index (χ0n) is 13.0. The van der Waals surface area contributed by atoms with Crippen molar-refractivity contribution in [3.8, 4) is 0 Å². The number of hydrogen-bond donors (Lipinski definition) is 1. The van der Waals surface area contributed by atoms with Crippen LogP contribution in [-0.4, -0.2) is 44.3 Å². The summed E-state index contributed by atoms with van der Waals surface area (Å²) in [4.78, 5) is 26.7. The second kappa shape index (κ2) is 6.35. The molecule has 0 radical (unpaired) electrons. The van der Waals surface area contributed by atoms with Gasteiger partial charge in [0.05, 0.1) is 5.56 Å². The summed E-state index contributed by atoms with van der Waals surface area (Å²) < 4.78 is 0. The molecule has 3 heterocycles. The van der Waals surface area contributed by atoms with E-state index in [1.54, 1.807) is 24.2 Å². The van der Waals surface area contributed by atoms with Crippen LogP contribution in [0.1, 0.15) is 42.5 Å². The average molecular weight is 328 g/mol. The Labute approximate surface area is 139 Å². The number of thioether (sulfide) groups is 1. The Morgan fingerprint density at radius 3 is 3.09 bits per heavy atom. The molecule has 0 unspecified atom stereocenters. The van der Waals surface area contributed by atoms with Gasteiger partial charge in [0.15, 0.2) is 5.17 Å². The van der Waals surface area contributed by atoms with Gasteiger partial charge in [-0.15, -0.1) is 0 Å². The molecule has 5 nitrogen and oxygen atoms in total. The van der Waals surface area contributed by atoms with Gasteiger partial charge in [-0.3, -0.25) is 4.79 Å². The van der Waals surface area contributed by atoms with Gasteiger partial charge in [0, 0.05) is 36.1 Å². The van der Waals surface area contributed by atoms with E-state index in [1.165, 1.54) is 32.1 Å². The largest absolute Gasteiger partial charge is 0.347 e. The maximum atomic E-state index is 12.6. The van der Waals surface area contributed by atoms with E-state index in [4.69, 9.17) is 0 Å². The highest BCUT2D eigenvalue weighted by Crippen LogP contribution is 2.29. The second-order valence-corrected chi connectivity index (χ2v) is 7.20. The van der Waals surface area contributed by atoms with Gasteiger partial charge in [-0.25, -0.2) is 4.98 Å². The van der Waals surface area contributed by atoms with Crippen LogP contribution in [-0.2, 0) is 0 Å². The van der Waals surface area contributed by atoms with Crippen molar-refractivity contribution in [2.24, 2.45) is 4.99 Å². The normalized spacial score (nSPS) is 21.4. The molecule has 1 N–H and O–H groups in total. The molecule has 0 spiro atoms. The molecule has 4 rings (SSSR count). The summed E-state index contributed by atoms with van der Waals surface area (Å²) in [6, 6.07) is 4.32. The van der Waals surface area contributed by atoms with Gasteiger partial charge < -0.3 is 9.88 Å². The molecule has 2 aliphatic rings. The number of H-pyrrole nitrogens is 1. The number of aliphatic imine (C=N–C) groups is 1. The number of nitrogens with zero attached hydrogens (tertiary/aromatic N) is 3. The van der Waals surface area contributed by atoms with Crippen molar-refractivity contribution in [2.75, 3.05) is 12.3 Å². The number of rotatable bonds is 2. The zero-order valence-corrected chi connectivity index (χ0v) is 13.8. The summed E-state index contributed by atoms with van der Waals surface area (Å²) in [6.45, 7) is 1.01. The SMILES string of the molecule is O=C(N=C1SCCN1C1CCCCC1)c1c[nH]c2ncccc12. The zero-order chi connectivity index (χ0) is 15.6. The molecule has 1 aliphatic carbocycles. The third-order valence-corrected chi connectivity index (χ3v) is 5.67. The van der Waals surface area contributed by atoms with E-state index in [-0.39, 0.29) is 5.91 Å². The first-order valence-corrected chi connectivity index (χ1v) is 9.26. The second-order valence-electron chi connectivity index (χ2n) is 6.14. The summed E-state index contributed by atoms with van der Waals surface area (Å²) in [7, 11) is 0. The van der Waals surface area contributed by atoms with Gasteiger partial charge in [0.1, 0.15) is 5.65 Å². The van der Waals surface area contributed by atoms with Crippen LogP contribution >= 0.6 is 11.8 Å². The number of nitrogens with one attached hydrogen (secondary N) is 1. The first-order valence-electron chi connectivity index (χ1n) is 8.27. The van der Waals surface area contributed by atoms with Crippen molar-refractivity contribution in [3.63, 3.8) is 0 Å². The molecule has 1 saturated carbocycles. The summed E-state index contributed by atoms with van der Waals surface area (Å²) in [5.74, 6) is 0.854. The molecule has 0 bridgehead atoms. The van der Waals surface area contributed by atoms with Crippen molar-refractivity contribution in [3.05, 3.63) is 30.1 Å². The van der Waals surface area contributed by atoms with Crippen LogP contribution in [0.25, 0.3) is 11.0 Å². The Hall–Kier alpha value is -1.82. The number of aromatic nitrogens is 2. The topological polar surface area (TPSA) is 61.4 Å². The number of amides is 1. The predicted octanol–water partition coefficient (Wildman–Crippen LogP) is 3.44. The highest BCUT2D eigenvalue weighted by Gasteiger charge is 2.29. The van der Waals surface area contributed by atoms with Gasteiger partial charge in [0.2, 0.25) is 0 Å². The summed E-state index contributed by atoms with van der Waals surface area (Å²) in [5.41, 5.74) is 1.34. The van der Waals surface area contributed by atoms with Crippen molar-refractivity contribution in [2.45, 2.75) is 38.1 Å². The molecule has 6 heteroatoms. The summed E-state index contributed by atoms with van der Waals surface area (Å²) in [6.07, 6.45) is 9.81. The number of amidine groups is 1. The van der Waals surface area contributed by atoms with E-state index in [9.17, 15) is 4.79 Å². The highest BCUT2D eigenvalue weighted by molar-refractivity contribution is 8.14. The van der Waals surface area contributed by atoms with E-state index in [0.29, 0.717) is 11.6 Å². The molecular formula is C17H20N4OS. The molecule has 1 saturated heterocycles. The number of carbonyl (C=O) groups excluding carboxylic acids is 1. The Morgan fingerprint density at radius 1 is 1.35 bits per heavy atom. The molecule has 23 heavy (non-hydrogen) atoms.